The summed E-state index contributed by atoms with van der Waals surface area (Å²) in [4.78, 5) is 21.2. The van der Waals surface area contributed by atoms with Crippen molar-refractivity contribution in [3.63, 3.8) is 0 Å². The number of carbonyl (C=O) groups is 2. The largest absolute Gasteiger partial charge is 0.462 e. The van der Waals surface area contributed by atoms with Crippen LogP contribution in [-0.2, 0) is 24.2 Å². The van der Waals surface area contributed by atoms with E-state index in [1.54, 1.807) is 0 Å². The Labute approximate surface area is 76.2 Å². The van der Waals surface area contributed by atoms with Crippen LogP contribution >= 0.6 is 0 Å². The Hall–Kier alpha value is -1.11. The van der Waals surface area contributed by atoms with E-state index in [9.17, 15) is 18.0 Å². The molecule has 0 aromatic rings. The molecular formula is C6H11NO5S. The molecule has 0 saturated carbocycles. The first kappa shape index (κ1) is 11.9. The van der Waals surface area contributed by atoms with Crippen LogP contribution < -0.4 is 5.32 Å². The lowest BCUT2D eigenvalue weighted by molar-refractivity contribution is -0.152. The van der Waals surface area contributed by atoms with Crippen LogP contribution in [0.3, 0.4) is 0 Å². The van der Waals surface area contributed by atoms with Crippen LogP contribution in [0.25, 0.3) is 0 Å². The highest BCUT2D eigenvalue weighted by Crippen LogP contribution is 1.80. The van der Waals surface area contributed by atoms with Crippen molar-refractivity contribution in [2.24, 2.45) is 0 Å². The number of methoxy groups -OCH3 is 1. The summed E-state index contributed by atoms with van der Waals surface area (Å²) in [7, 11) is -2.05. The van der Waals surface area contributed by atoms with Gasteiger partial charge in [-0.25, -0.2) is 13.2 Å². The van der Waals surface area contributed by atoms with E-state index in [-0.39, 0.29) is 12.3 Å². The predicted octanol–water partition coefficient (Wildman–Crippen LogP) is -1.68. The van der Waals surface area contributed by atoms with Gasteiger partial charge in [-0.3, -0.25) is 4.79 Å². The molecule has 0 aromatic carbocycles. The lowest BCUT2D eigenvalue weighted by atomic mass is 10.6. The van der Waals surface area contributed by atoms with Gasteiger partial charge in [-0.05, 0) is 0 Å². The molecule has 0 fully saturated rings. The molecule has 0 radical (unpaired) electrons. The van der Waals surface area contributed by atoms with Gasteiger partial charge < -0.3 is 10.1 Å². The molecule has 7 heteroatoms. The molecule has 0 spiro atoms. The first-order chi connectivity index (χ1) is 5.87. The van der Waals surface area contributed by atoms with Crippen molar-refractivity contribution in [2.45, 2.75) is 0 Å². The maximum absolute atomic E-state index is 10.7. The van der Waals surface area contributed by atoms with Crippen molar-refractivity contribution in [3.05, 3.63) is 0 Å². The highest BCUT2D eigenvalue weighted by Gasteiger charge is 2.13. The monoisotopic (exact) mass is 209 g/mol. The van der Waals surface area contributed by atoms with Crippen LogP contribution in [0.5, 0.6) is 0 Å². The Bertz CT molecular complexity index is 294. The molecule has 0 aliphatic carbocycles. The number of esters is 1. The maximum atomic E-state index is 10.7. The van der Waals surface area contributed by atoms with Gasteiger partial charge >= 0.3 is 11.9 Å². The van der Waals surface area contributed by atoms with Crippen molar-refractivity contribution < 1.29 is 22.7 Å². The fourth-order valence-electron chi connectivity index (χ4n) is 0.515. The molecule has 0 aliphatic heterocycles. The van der Waals surface area contributed by atoms with E-state index in [4.69, 9.17) is 0 Å². The first-order valence-corrected chi connectivity index (χ1v) is 5.46. The summed E-state index contributed by atoms with van der Waals surface area (Å²) in [6.07, 6.45) is 1.04. The molecule has 13 heavy (non-hydrogen) atoms. The lowest BCUT2D eigenvalue weighted by Gasteiger charge is -2.01. The van der Waals surface area contributed by atoms with E-state index in [2.05, 4.69) is 10.1 Å². The SMILES string of the molecule is COC(=O)C(=O)NCCS(C)(=O)=O. The van der Waals surface area contributed by atoms with Crippen molar-refractivity contribution >= 4 is 21.7 Å². The van der Waals surface area contributed by atoms with Crippen LogP contribution in [0.15, 0.2) is 0 Å². The molecule has 76 valence electrons. The van der Waals surface area contributed by atoms with Crippen LogP contribution in [0.2, 0.25) is 0 Å². The van der Waals surface area contributed by atoms with E-state index in [0.717, 1.165) is 13.4 Å². The number of hydrogen-bond donors (Lipinski definition) is 1. The number of carbonyl (C=O) groups excluding carboxylic acids is 2. The Morgan fingerprint density at radius 3 is 2.31 bits per heavy atom. The minimum atomic E-state index is -3.12. The number of sulfone groups is 1. The van der Waals surface area contributed by atoms with Crippen molar-refractivity contribution in [1.82, 2.24) is 5.32 Å². The second-order valence-corrected chi connectivity index (χ2v) is 4.64. The van der Waals surface area contributed by atoms with Gasteiger partial charge in [0.15, 0.2) is 0 Å². The van der Waals surface area contributed by atoms with Gasteiger partial charge in [0, 0.05) is 12.8 Å². The summed E-state index contributed by atoms with van der Waals surface area (Å²) in [5, 5.41) is 2.10. The Balaban J connectivity index is 3.79. The number of ether oxygens (including phenoxy) is 1. The quantitative estimate of drug-likeness (QED) is 0.443. The summed E-state index contributed by atoms with van der Waals surface area (Å²) in [6.45, 7) is -0.0905. The topological polar surface area (TPSA) is 89.5 Å². The molecule has 0 bridgehead atoms. The normalized spacial score (nSPS) is 10.6. The minimum absolute atomic E-state index is 0.0905. The van der Waals surface area contributed by atoms with Gasteiger partial charge in [0.25, 0.3) is 0 Å². The fraction of sp³-hybridized carbons (Fsp3) is 0.667. The molecule has 0 atom stereocenters. The third-order valence-electron chi connectivity index (χ3n) is 1.13. The fourth-order valence-corrected chi connectivity index (χ4v) is 0.988. The third-order valence-corrected chi connectivity index (χ3v) is 2.07. The molecule has 0 rings (SSSR count). The summed E-state index contributed by atoms with van der Waals surface area (Å²) in [6, 6.07) is 0. The van der Waals surface area contributed by atoms with Gasteiger partial charge in [-0.2, -0.15) is 0 Å². The van der Waals surface area contributed by atoms with E-state index >= 15 is 0 Å². The minimum Gasteiger partial charge on any atom is -0.462 e. The smallest absolute Gasteiger partial charge is 0.396 e. The zero-order chi connectivity index (χ0) is 10.5. The molecule has 0 heterocycles. The highest BCUT2D eigenvalue weighted by atomic mass is 32.2. The van der Waals surface area contributed by atoms with Crippen molar-refractivity contribution in [3.8, 4) is 0 Å². The predicted molar refractivity (Wildman–Crippen MR) is 44.7 cm³/mol. The highest BCUT2D eigenvalue weighted by molar-refractivity contribution is 7.90. The Morgan fingerprint density at radius 2 is 1.92 bits per heavy atom. The molecule has 0 aliphatic rings. The zero-order valence-corrected chi connectivity index (χ0v) is 8.18. The molecule has 0 saturated heterocycles. The lowest BCUT2D eigenvalue weighted by Crippen LogP contribution is -2.34. The van der Waals surface area contributed by atoms with Crippen LogP contribution in [-0.4, -0.2) is 46.0 Å². The van der Waals surface area contributed by atoms with Crippen LogP contribution in [0.1, 0.15) is 0 Å². The average Bonchev–Trinajstić information content (AvgIpc) is 2.00. The summed E-state index contributed by atoms with van der Waals surface area (Å²) >= 11 is 0. The van der Waals surface area contributed by atoms with E-state index in [0.29, 0.717) is 0 Å². The average molecular weight is 209 g/mol. The first-order valence-electron chi connectivity index (χ1n) is 3.40. The Kier molecular flexibility index (Phi) is 4.39. The second-order valence-electron chi connectivity index (χ2n) is 2.38. The van der Waals surface area contributed by atoms with E-state index in [1.165, 1.54) is 0 Å². The number of hydrogen-bond acceptors (Lipinski definition) is 5. The molecule has 6 nitrogen and oxygen atoms in total. The van der Waals surface area contributed by atoms with Crippen molar-refractivity contribution in [2.75, 3.05) is 25.7 Å². The summed E-state index contributed by atoms with van der Waals surface area (Å²) in [5.74, 6) is -2.17. The van der Waals surface area contributed by atoms with Crippen molar-refractivity contribution in [1.29, 1.82) is 0 Å². The van der Waals surface area contributed by atoms with Gasteiger partial charge in [0.1, 0.15) is 9.84 Å². The van der Waals surface area contributed by atoms with Gasteiger partial charge in [-0.15, -0.1) is 0 Å². The molecular weight excluding hydrogens is 198 g/mol. The zero-order valence-electron chi connectivity index (χ0n) is 7.36. The van der Waals surface area contributed by atoms with Crippen LogP contribution in [0.4, 0.5) is 0 Å². The number of amides is 1. The van der Waals surface area contributed by atoms with E-state index in [1.807, 2.05) is 0 Å². The van der Waals surface area contributed by atoms with Gasteiger partial charge in [0.2, 0.25) is 0 Å². The Morgan fingerprint density at radius 1 is 1.38 bits per heavy atom. The number of nitrogens with one attached hydrogen (secondary N) is 1. The molecule has 1 N–H and O–H groups in total. The van der Waals surface area contributed by atoms with E-state index < -0.39 is 21.7 Å². The number of rotatable bonds is 3. The third kappa shape index (κ3) is 6.09. The molecule has 0 unspecified atom stereocenters. The summed E-state index contributed by atoms with van der Waals surface area (Å²) in [5.41, 5.74) is 0. The maximum Gasteiger partial charge on any atom is 0.396 e. The summed E-state index contributed by atoms with van der Waals surface area (Å²) < 4.78 is 25.3. The van der Waals surface area contributed by atoms with Gasteiger partial charge in [0.05, 0.1) is 12.9 Å². The van der Waals surface area contributed by atoms with Gasteiger partial charge in [-0.1, -0.05) is 0 Å². The molecule has 0 aromatic heterocycles. The standard InChI is InChI=1S/C6H11NO5S/c1-12-6(9)5(8)7-3-4-13(2,10)11/h3-4H2,1-2H3,(H,7,8). The second kappa shape index (κ2) is 4.80. The van der Waals surface area contributed by atoms with Crippen LogP contribution in [0, 0.1) is 0 Å². The molecule has 1 amide bonds.